The number of H-pyrrole nitrogens is 1. The quantitative estimate of drug-likeness (QED) is 0.752. The molecule has 0 bridgehead atoms. The number of aromatic nitrogens is 3. The monoisotopic (exact) mass is 322 g/mol. The molecule has 0 saturated carbocycles. The Labute approximate surface area is 116 Å². The van der Waals surface area contributed by atoms with Crippen LogP contribution >= 0.6 is 15.9 Å². The second kappa shape index (κ2) is 4.36. The van der Waals surface area contributed by atoms with Gasteiger partial charge in [0, 0.05) is 12.6 Å². The molecule has 2 aromatic heterocycles. The average Bonchev–Trinajstić information content (AvgIpc) is 2.87. The Balaban J connectivity index is 2.23. The molecule has 6 nitrogen and oxygen atoms in total. The number of hydrogen-bond donors (Lipinski definition) is 2. The minimum absolute atomic E-state index is 0.361. The van der Waals surface area contributed by atoms with Crippen molar-refractivity contribution in [2.24, 2.45) is 12.8 Å². The van der Waals surface area contributed by atoms with Gasteiger partial charge in [0.2, 0.25) is 0 Å². The molecule has 0 atom stereocenters. The van der Waals surface area contributed by atoms with Crippen LogP contribution in [-0.4, -0.2) is 14.5 Å². The SMILES string of the molecule is Cn1c(CN)nc(Br)c1-c1ccc2oc(=O)[nH]c2c1. The number of halogens is 1. The van der Waals surface area contributed by atoms with Crippen LogP contribution in [0.15, 0.2) is 32.0 Å². The summed E-state index contributed by atoms with van der Waals surface area (Å²) in [5.74, 6) is 0.321. The average molecular weight is 323 g/mol. The first-order valence-electron chi connectivity index (χ1n) is 5.64. The van der Waals surface area contributed by atoms with Crippen molar-refractivity contribution in [2.45, 2.75) is 6.54 Å². The largest absolute Gasteiger partial charge is 0.417 e. The molecule has 3 N–H and O–H groups in total. The fourth-order valence-electron chi connectivity index (χ4n) is 2.10. The van der Waals surface area contributed by atoms with Gasteiger partial charge in [0.05, 0.1) is 17.8 Å². The van der Waals surface area contributed by atoms with Gasteiger partial charge in [-0.2, -0.15) is 0 Å². The molecule has 2 heterocycles. The molecule has 0 aliphatic carbocycles. The Morgan fingerprint density at radius 3 is 3.00 bits per heavy atom. The smallest absolute Gasteiger partial charge is 0.408 e. The number of nitrogens with zero attached hydrogens (tertiary/aromatic N) is 2. The minimum atomic E-state index is -0.459. The molecule has 0 amide bonds. The van der Waals surface area contributed by atoms with Crippen LogP contribution in [0, 0.1) is 0 Å². The molecule has 3 rings (SSSR count). The van der Waals surface area contributed by atoms with Crippen molar-refractivity contribution in [1.82, 2.24) is 14.5 Å². The van der Waals surface area contributed by atoms with E-state index in [0.717, 1.165) is 21.7 Å². The second-order valence-corrected chi connectivity index (χ2v) is 4.91. The molecule has 0 aliphatic heterocycles. The molecule has 0 radical (unpaired) electrons. The van der Waals surface area contributed by atoms with E-state index in [4.69, 9.17) is 10.2 Å². The summed E-state index contributed by atoms with van der Waals surface area (Å²) in [6.07, 6.45) is 0. The molecular formula is C12H11BrN4O2. The normalized spacial score (nSPS) is 11.3. The van der Waals surface area contributed by atoms with Gasteiger partial charge in [-0.3, -0.25) is 4.98 Å². The predicted molar refractivity (Wildman–Crippen MR) is 74.6 cm³/mol. The van der Waals surface area contributed by atoms with E-state index in [2.05, 4.69) is 25.9 Å². The molecule has 3 aromatic rings. The number of rotatable bonds is 2. The van der Waals surface area contributed by atoms with Gasteiger partial charge >= 0.3 is 5.76 Å². The zero-order valence-corrected chi connectivity index (χ0v) is 11.7. The first-order chi connectivity index (χ1) is 9.10. The molecule has 98 valence electrons. The minimum Gasteiger partial charge on any atom is -0.408 e. The standard InChI is InChI=1S/C12H11BrN4O2/c1-17-9(5-14)16-11(13)10(17)6-2-3-8-7(4-6)15-12(18)19-8/h2-4H,5,14H2,1H3,(H,15,18). The molecule has 0 fully saturated rings. The number of imidazole rings is 1. The number of fused-ring (bicyclic) bond motifs is 1. The van der Waals surface area contributed by atoms with Crippen molar-refractivity contribution in [2.75, 3.05) is 0 Å². The molecule has 0 aliphatic rings. The van der Waals surface area contributed by atoms with E-state index in [1.54, 1.807) is 6.07 Å². The topological polar surface area (TPSA) is 89.8 Å². The molecule has 1 aromatic carbocycles. The fourth-order valence-corrected chi connectivity index (χ4v) is 2.80. The molecule has 0 saturated heterocycles. The summed E-state index contributed by atoms with van der Waals surface area (Å²) in [7, 11) is 1.90. The van der Waals surface area contributed by atoms with Crippen LogP contribution in [0.1, 0.15) is 5.82 Å². The molecule has 0 unspecified atom stereocenters. The third-order valence-electron chi connectivity index (χ3n) is 3.02. The van der Waals surface area contributed by atoms with E-state index in [9.17, 15) is 4.79 Å². The first-order valence-corrected chi connectivity index (χ1v) is 6.44. The highest BCUT2D eigenvalue weighted by molar-refractivity contribution is 9.10. The molecule has 7 heteroatoms. The Hall–Kier alpha value is -1.86. The number of aromatic amines is 1. The predicted octanol–water partition coefficient (Wildman–Crippen LogP) is 1.74. The third kappa shape index (κ3) is 1.91. The van der Waals surface area contributed by atoms with Crippen LogP contribution in [0.4, 0.5) is 0 Å². The second-order valence-electron chi connectivity index (χ2n) is 4.16. The lowest BCUT2D eigenvalue weighted by Crippen LogP contribution is -2.05. The third-order valence-corrected chi connectivity index (χ3v) is 3.57. The van der Waals surface area contributed by atoms with E-state index < -0.39 is 5.76 Å². The van der Waals surface area contributed by atoms with Crippen molar-refractivity contribution in [3.8, 4) is 11.3 Å². The Bertz CT molecular complexity index is 815. The lowest BCUT2D eigenvalue weighted by Gasteiger charge is -2.05. The van der Waals surface area contributed by atoms with Crippen LogP contribution in [0.3, 0.4) is 0 Å². The zero-order chi connectivity index (χ0) is 13.6. The fraction of sp³-hybridized carbons (Fsp3) is 0.167. The number of nitrogens with two attached hydrogens (primary N) is 1. The van der Waals surface area contributed by atoms with Gasteiger partial charge in [-0.1, -0.05) is 0 Å². The molecule has 19 heavy (non-hydrogen) atoms. The zero-order valence-electron chi connectivity index (χ0n) is 10.1. The number of oxazole rings is 1. The maximum absolute atomic E-state index is 11.2. The van der Waals surface area contributed by atoms with E-state index >= 15 is 0 Å². The summed E-state index contributed by atoms with van der Waals surface area (Å²) in [4.78, 5) is 18.1. The van der Waals surface area contributed by atoms with E-state index in [-0.39, 0.29) is 0 Å². The number of nitrogens with one attached hydrogen (secondary N) is 1. The van der Waals surface area contributed by atoms with E-state index in [1.165, 1.54) is 0 Å². The Morgan fingerprint density at radius 2 is 2.32 bits per heavy atom. The van der Waals surface area contributed by atoms with Gasteiger partial charge in [0.15, 0.2) is 5.58 Å². The Kier molecular flexibility index (Phi) is 2.79. The van der Waals surface area contributed by atoms with E-state index in [0.29, 0.717) is 17.6 Å². The van der Waals surface area contributed by atoms with Gasteiger partial charge in [0.1, 0.15) is 10.4 Å². The van der Waals surface area contributed by atoms with E-state index in [1.807, 2.05) is 23.7 Å². The van der Waals surface area contributed by atoms with Gasteiger partial charge < -0.3 is 14.7 Å². The van der Waals surface area contributed by atoms with Crippen LogP contribution in [-0.2, 0) is 13.6 Å². The molecule has 0 spiro atoms. The first kappa shape index (κ1) is 12.2. The van der Waals surface area contributed by atoms with Crippen molar-refractivity contribution < 1.29 is 4.42 Å². The lowest BCUT2D eigenvalue weighted by atomic mass is 10.1. The van der Waals surface area contributed by atoms with Crippen molar-refractivity contribution >= 4 is 27.0 Å². The van der Waals surface area contributed by atoms with Crippen LogP contribution in [0.25, 0.3) is 22.4 Å². The number of benzene rings is 1. The van der Waals surface area contributed by atoms with Gasteiger partial charge in [0.25, 0.3) is 0 Å². The van der Waals surface area contributed by atoms with Crippen LogP contribution in [0.5, 0.6) is 0 Å². The lowest BCUT2D eigenvalue weighted by molar-refractivity contribution is 0.555. The van der Waals surface area contributed by atoms with Crippen LogP contribution < -0.4 is 11.5 Å². The van der Waals surface area contributed by atoms with Crippen molar-refractivity contribution in [3.05, 3.63) is 39.2 Å². The summed E-state index contributed by atoms with van der Waals surface area (Å²) in [6, 6.07) is 5.48. The maximum Gasteiger partial charge on any atom is 0.417 e. The Morgan fingerprint density at radius 1 is 1.53 bits per heavy atom. The van der Waals surface area contributed by atoms with Gasteiger partial charge in [-0.05, 0) is 34.1 Å². The molecular weight excluding hydrogens is 312 g/mol. The van der Waals surface area contributed by atoms with Gasteiger partial charge in [-0.15, -0.1) is 0 Å². The summed E-state index contributed by atoms with van der Waals surface area (Å²) in [5.41, 5.74) is 8.66. The van der Waals surface area contributed by atoms with Crippen LogP contribution in [0.2, 0.25) is 0 Å². The summed E-state index contributed by atoms with van der Waals surface area (Å²) in [5, 5.41) is 0. The highest BCUT2D eigenvalue weighted by Crippen LogP contribution is 2.30. The summed E-state index contributed by atoms with van der Waals surface area (Å²) < 4.78 is 7.62. The van der Waals surface area contributed by atoms with Crippen molar-refractivity contribution in [1.29, 1.82) is 0 Å². The highest BCUT2D eigenvalue weighted by atomic mass is 79.9. The summed E-state index contributed by atoms with van der Waals surface area (Å²) >= 11 is 3.43. The summed E-state index contributed by atoms with van der Waals surface area (Å²) in [6.45, 7) is 0.361. The van der Waals surface area contributed by atoms with Gasteiger partial charge in [-0.25, -0.2) is 9.78 Å². The highest BCUT2D eigenvalue weighted by Gasteiger charge is 2.14. The number of hydrogen-bond acceptors (Lipinski definition) is 4. The maximum atomic E-state index is 11.2. The van der Waals surface area contributed by atoms with Crippen molar-refractivity contribution in [3.63, 3.8) is 0 Å².